The van der Waals surface area contributed by atoms with E-state index in [1.165, 1.54) is 0 Å². The first-order valence-electron chi connectivity index (χ1n) is 8.64. The Kier molecular flexibility index (Phi) is 5.62. The number of benzene rings is 1. The molecule has 1 saturated heterocycles. The Bertz CT molecular complexity index is 740. The number of hydrogen-bond acceptors (Lipinski definition) is 5. The van der Waals surface area contributed by atoms with Gasteiger partial charge in [-0.05, 0) is 18.2 Å². The molecule has 0 spiro atoms. The number of rotatable bonds is 5. The van der Waals surface area contributed by atoms with Crippen molar-refractivity contribution < 1.29 is 14.6 Å². The minimum absolute atomic E-state index is 0.108. The van der Waals surface area contributed by atoms with Crippen LogP contribution in [0.2, 0.25) is 0 Å². The molecule has 1 aliphatic rings. The molecule has 1 aromatic heterocycles. The first-order valence-corrected chi connectivity index (χ1v) is 8.64. The Hall–Kier alpha value is -2.74. The van der Waals surface area contributed by atoms with Gasteiger partial charge in [0.15, 0.2) is 0 Å². The second kappa shape index (κ2) is 8.09. The van der Waals surface area contributed by atoms with Gasteiger partial charge in [0.1, 0.15) is 5.75 Å². The molecular formula is C18H25N5O3. The van der Waals surface area contributed by atoms with Crippen LogP contribution in [0.3, 0.4) is 0 Å². The molecule has 8 heteroatoms. The number of phenolic OH excluding ortho intramolecular Hbond substituents is 1. The zero-order valence-electron chi connectivity index (χ0n) is 15.1. The van der Waals surface area contributed by atoms with Crippen LogP contribution in [-0.2, 0) is 11.8 Å². The van der Waals surface area contributed by atoms with E-state index < -0.39 is 0 Å². The second-order valence-electron chi connectivity index (χ2n) is 6.33. The molecule has 1 unspecified atom stereocenters. The highest BCUT2D eigenvalue weighted by Gasteiger charge is 2.25. The van der Waals surface area contributed by atoms with Crippen LogP contribution < -0.4 is 10.2 Å². The van der Waals surface area contributed by atoms with Crippen molar-refractivity contribution in [1.82, 2.24) is 20.0 Å². The monoisotopic (exact) mass is 359 g/mol. The molecule has 0 aliphatic carbocycles. The number of urea groups is 1. The maximum absolute atomic E-state index is 12.7. The number of carbonyl (C=O) groups is 1. The molecule has 1 aliphatic heterocycles. The third kappa shape index (κ3) is 4.08. The number of amides is 2. The van der Waals surface area contributed by atoms with Crippen LogP contribution in [0.25, 0.3) is 0 Å². The standard InChI is InChI=1S/C18H25N5O3/c1-21-17(6-7-19-21)16(13-26-2)20-18(25)23-10-8-22(9-11-23)14-4-3-5-15(24)12-14/h3-7,12,16,24H,8-11,13H2,1-2H3,(H,20,25). The van der Waals surface area contributed by atoms with Gasteiger partial charge in [-0.2, -0.15) is 5.10 Å². The number of piperazine rings is 1. The van der Waals surface area contributed by atoms with Crippen LogP contribution in [0.1, 0.15) is 11.7 Å². The predicted molar refractivity (Wildman–Crippen MR) is 98.2 cm³/mol. The largest absolute Gasteiger partial charge is 0.508 e. The molecule has 0 bridgehead atoms. The van der Waals surface area contributed by atoms with Gasteiger partial charge in [0.2, 0.25) is 0 Å². The minimum Gasteiger partial charge on any atom is -0.508 e. The summed E-state index contributed by atoms with van der Waals surface area (Å²) >= 11 is 0. The average molecular weight is 359 g/mol. The van der Waals surface area contributed by atoms with Gasteiger partial charge in [0, 0.05) is 58.3 Å². The fraction of sp³-hybridized carbons (Fsp3) is 0.444. The molecule has 1 atom stereocenters. The normalized spacial score (nSPS) is 15.8. The molecule has 3 rings (SSSR count). The van der Waals surface area contributed by atoms with Gasteiger partial charge in [0.05, 0.1) is 18.3 Å². The molecular weight excluding hydrogens is 334 g/mol. The number of carbonyl (C=O) groups excluding carboxylic acids is 1. The van der Waals surface area contributed by atoms with Crippen molar-refractivity contribution in [2.24, 2.45) is 7.05 Å². The zero-order chi connectivity index (χ0) is 18.5. The van der Waals surface area contributed by atoms with Crippen molar-refractivity contribution in [2.75, 3.05) is 44.8 Å². The summed E-state index contributed by atoms with van der Waals surface area (Å²) in [4.78, 5) is 16.6. The van der Waals surface area contributed by atoms with E-state index in [0.717, 1.165) is 24.5 Å². The van der Waals surface area contributed by atoms with Gasteiger partial charge in [-0.15, -0.1) is 0 Å². The molecule has 0 radical (unpaired) electrons. The van der Waals surface area contributed by atoms with Crippen LogP contribution in [0.4, 0.5) is 10.5 Å². The summed E-state index contributed by atoms with van der Waals surface area (Å²) < 4.78 is 6.99. The number of aromatic nitrogens is 2. The van der Waals surface area contributed by atoms with Crippen LogP contribution in [-0.4, -0.2) is 65.7 Å². The number of anilines is 1. The average Bonchev–Trinajstić information content (AvgIpc) is 3.07. The van der Waals surface area contributed by atoms with E-state index in [1.54, 1.807) is 35.0 Å². The Balaban J connectivity index is 1.58. The van der Waals surface area contributed by atoms with E-state index in [-0.39, 0.29) is 17.8 Å². The van der Waals surface area contributed by atoms with Gasteiger partial charge in [0.25, 0.3) is 0 Å². The summed E-state index contributed by atoms with van der Waals surface area (Å²) in [6.07, 6.45) is 1.71. The molecule has 8 nitrogen and oxygen atoms in total. The maximum atomic E-state index is 12.7. The van der Waals surface area contributed by atoms with Crippen molar-refractivity contribution in [3.8, 4) is 5.75 Å². The van der Waals surface area contributed by atoms with E-state index in [1.807, 2.05) is 25.2 Å². The smallest absolute Gasteiger partial charge is 0.318 e. The Morgan fingerprint density at radius 3 is 2.69 bits per heavy atom. The molecule has 2 aromatic rings. The highest BCUT2D eigenvalue weighted by Crippen LogP contribution is 2.21. The number of aryl methyl sites for hydroxylation is 1. The highest BCUT2D eigenvalue weighted by molar-refractivity contribution is 5.75. The zero-order valence-corrected chi connectivity index (χ0v) is 15.1. The second-order valence-corrected chi connectivity index (χ2v) is 6.33. The Morgan fingerprint density at radius 2 is 2.08 bits per heavy atom. The molecule has 2 amide bonds. The van der Waals surface area contributed by atoms with Gasteiger partial charge in [-0.3, -0.25) is 4.68 Å². The Morgan fingerprint density at radius 1 is 1.31 bits per heavy atom. The first kappa shape index (κ1) is 18.1. The van der Waals surface area contributed by atoms with Crippen molar-refractivity contribution in [1.29, 1.82) is 0 Å². The Labute approximate surface area is 153 Å². The van der Waals surface area contributed by atoms with Crippen molar-refractivity contribution in [3.63, 3.8) is 0 Å². The molecule has 26 heavy (non-hydrogen) atoms. The molecule has 2 heterocycles. The molecule has 0 saturated carbocycles. The topological polar surface area (TPSA) is 82.9 Å². The van der Waals surface area contributed by atoms with Crippen molar-refractivity contribution in [2.45, 2.75) is 6.04 Å². The highest BCUT2D eigenvalue weighted by atomic mass is 16.5. The lowest BCUT2D eigenvalue weighted by atomic mass is 10.2. The van der Waals surface area contributed by atoms with E-state index >= 15 is 0 Å². The summed E-state index contributed by atoms with van der Waals surface area (Å²) in [6, 6.07) is 8.71. The lowest BCUT2D eigenvalue weighted by Gasteiger charge is -2.36. The van der Waals surface area contributed by atoms with Crippen LogP contribution in [0.15, 0.2) is 36.5 Å². The van der Waals surface area contributed by atoms with E-state index in [4.69, 9.17) is 4.74 Å². The number of nitrogens with zero attached hydrogens (tertiary/aromatic N) is 4. The molecule has 140 valence electrons. The van der Waals surface area contributed by atoms with E-state index in [0.29, 0.717) is 19.7 Å². The SMILES string of the molecule is COCC(NC(=O)N1CCN(c2cccc(O)c2)CC1)c1ccnn1C. The summed E-state index contributed by atoms with van der Waals surface area (Å²) in [6.45, 7) is 3.06. The molecule has 2 N–H and O–H groups in total. The van der Waals surface area contributed by atoms with Crippen molar-refractivity contribution in [3.05, 3.63) is 42.2 Å². The lowest BCUT2D eigenvalue weighted by Crippen LogP contribution is -2.52. The summed E-state index contributed by atoms with van der Waals surface area (Å²) in [5, 5.41) is 16.8. The summed E-state index contributed by atoms with van der Waals surface area (Å²) in [7, 11) is 3.46. The summed E-state index contributed by atoms with van der Waals surface area (Å²) in [5.41, 5.74) is 1.87. The number of ether oxygens (including phenoxy) is 1. The van der Waals surface area contributed by atoms with E-state index in [2.05, 4.69) is 15.3 Å². The van der Waals surface area contributed by atoms with Gasteiger partial charge < -0.3 is 25.0 Å². The van der Waals surface area contributed by atoms with Crippen LogP contribution in [0, 0.1) is 0 Å². The molecule has 1 fully saturated rings. The molecule has 1 aromatic carbocycles. The van der Waals surface area contributed by atoms with Gasteiger partial charge in [-0.25, -0.2) is 4.79 Å². The van der Waals surface area contributed by atoms with Crippen molar-refractivity contribution >= 4 is 11.7 Å². The quantitative estimate of drug-likeness (QED) is 0.842. The lowest BCUT2D eigenvalue weighted by molar-refractivity contribution is 0.151. The predicted octanol–water partition coefficient (Wildman–Crippen LogP) is 1.35. The van der Waals surface area contributed by atoms with Crippen LogP contribution >= 0.6 is 0 Å². The number of phenols is 1. The third-order valence-corrected chi connectivity index (χ3v) is 4.61. The summed E-state index contributed by atoms with van der Waals surface area (Å²) in [5.74, 6) is 0.251. The van der Waals surface area contributed by atoms with Crippen LogP contribution in [0.5, 0.6) is 5.75 Å². The number of hydrogen-bond donors (Lipinski definition) is 2. The van der Waals surface area contributed by atoms with E-state index in [9.17, 15) is 9.90 Å². The fourth-order valence-electron chi connectivity index (χ4n) is 3.19. The number of methoxy groups -OCH3 is 1. The van der Waals surface area contributed by atoms with Gasteiger partial charge >= 0.3 is 6.03 Å². The fourth-order valence-corrected chi connectivity index (χ4v) is 3.19. The van der Waals surface area contributed by atoms with Gasteiger partial charge in [-0.1, -0.05) is 6.07 Å². The first-order chi connectivity index (χ1) is 12.6. The third-order valence-electron chi connectivity index (χ3n) is 4.61. The number of aromatic hydroxyl groups is 1. The minimum atomic E-state index is -0.246. The number of nitrogens with one attached hydrogen (secondary N) is 1. The maximum Gasteiger partial charge on any atom is 0.318 e.